The fourth-order valence-corrected chi connectivity index (χ4v) is 3.64. The van der Waals surface area contributed by atoms with Gasteiger partial charge in [0.25, 0.3) is 5.69 Å². The van der Waals surface area contributed by atoms with E-state index in [1.54, 1.807) is 24.3 Å². The number of hydrogen-bond donors (Lipinski definition) is 0. The summed E-state index contributed by atoms with van der Waals surface area (Å²) in [5.74, 6) is -0.426. The Morgan fingerprint density at radius 2 is 1.74 bits per heavy atom. The maximum atomic E-state index is 12.3. The van der Waals surface area contributed by atoms with Gasteiger partial charge in [-0.15, -0.1) is 0 Å². The number of esters is 1. The maximum absolute atomic E-state index is 12.3. The smallest absolute Gasteiger partial charge is 0.363 e. The average Bonchev–Trinajstić information content (AvgIpc) is 3.16. The van der Waals surface area contributed by atoms with Crippen LogP contribution in [0.5, 0.6) is 11.5 Å². The molecule has 3 aromatic carbocycles. The fraction of sp³-hybridized carbons (Fsp3) is 0. The van der Waals surface area contributed by atoms with Gasteiger partial charge in [0, 0.05) is 9.64 Å². The number of nitro benzene ring substituents is 2. The van der Waals surface area contributed by atoms with Gasteiger partial charge in [0.15, 0.2) is 5.70 Å². The molecule has 34 heavy (non-hydrogen) atoms. The first-order valence-corrected chi connectivity index (χ1v) is 10.9. The minimum Gasteiger partial charge on any atom is -0.450 e. The Hall–Kier alpha value is -3.84. The number of aliphatic imine (C=N–C) groups is 1. The van der Waals surface area contributed by atoms with Crippen molar-refractivity contribution in [3.05, 3.63) is 106 Å². The van der Waals surface area contributed by atoms with Gasteiger partial charge in [-0.2, -0.15) is 0 Å². The van der Waals surface area contributed by atoms with Gasteiger partial charge in [-0.1, -0.05) is 23.7 Å². The highest BCUT2D eigenvalue weighted by atomic mass is 127. The summed E-state index contributed by atoms with van der Waals surface area (Å²) in [4.78, 5) is 37.1. The van der Waals surface area contributed by atoms with Crippen molar-refractivity contribution in [1.29, 1.82) is 0 Å². The fourth-order valence-electron chi connectivity index (χ4n) is 2.95. The van der Waals surface area contributed by atoms with E-state index in [-0.39, 0.29) is 23.1 Å². The molecule has 0 atom stereocenters. The number of halogens is 2. The normalized spacial score (nSPS) is 14.0. The lowest BCUT2D eigenvalue weighted by molar-refractivity contribution is -0.394. The number of cyclic esters (lactones) is 1. The van der Waals surface area contributed by atoms with Gasteiger partial charge in [-0.05, 0) is 70.6 Å². The zero-order chi connectivity index (χ0) is 24.4. The highest BCUT2D eigenvalue weighted by Gasteiger charge is 2.26. The molecule has 0 saturated heterocycles. The Labute approximate surface area is 209 Å². The second kappa shape index (κ2) is 9.57. The van der Waals surface area contributed by atoms with Crippen LogP contribution in [0.15, 0.2) is 71.4 Å². The predicted octanol–water partition coefficient (Wildman–Crippen LogP) is 5.90. The zero-order valence-corrected chi connectivity index (χ0v) is 19.7. The highest BCUT2D eigenvalue weighted by Crippen LogP contribution is 2.34. The molecule has 10 nitrogen and oxygen atoms in total. The first-order chi connectivity index (χ1) is 16.2. The molecule has 12 heteroatoms. The number of nitro groups is 2. The Morgan fingerprint density at radius 1 is 1.00 bits per heavy atom. The van der Waals surface area contributed by atoms with E-state index in [2.05, 4.69) is 27.6 Å². The number of benzene rings is 3. The summed E-state index contributed by atoms with van der Waals surface area (Å²) in [5, 5.41) is 22.5. The standard InChI is InChI=1S/C22H11ClIN3O7/c23-17-7-3-13(24)10-16(17)21-25-18(22(28)34-21)9-12-1-5-15(6-2-12)33-20-8-4-14(26(29)30)11-19(20)27(31)32/h1-11H/b18-9-. The molecule has 1 aliphatic heterocycles. The third kappa shape index (κ3) is 5.05. The van der Waals surface area contributed by atoms with Gasteiger partial charge in [0.05, 0.1) is 26.5 Å². The molecular weight excluding hydrogens is 581 g/mol. The molecule has 0 unspecified atom stereocenters. The van der Waals surface area contributed by atoms with E-state index < -0.39 is 27.2 Å². The molecule has 0 spiro atoms. The van der Waals surface area contributed by atoms with Crippen LogP contribution in [0.3, 0.4) is 0 Å². The summed E-state index contributed by atoms with van der Waals surface area (Å²) >= 11 is 8.30. The number of non-ortho nitro benzene ring substituents is 1. The van der Waals surface area contributed by atoms with E-state index in [9.17, 15) is 25.0 Å². The number of rotatable bonds is 6. The molecule has 0 N–H and O–H groups in total. The first kappa shape index (κ1) is 23.3. The van der Waals surface area contributed by atoms with Gasteiger partial charge in [-0.25, -0.2) is 9.79 Å². The van der Waals surface area contributed by atoms with Gasteiger partial charge in [0.2, 0.25) is 11.6 Å². The number of ether oxygens (including phenoxy) is 2. The largest absolute Gasteiger partial charge is 0.450 e. The van der Waals surface area contributed by atoms with E-state index in [4.69, 9.17) is 21.1 Å². The van der Waals surface area contributed by atoms with Crippen molar-refractivity contribution >= 4 is 63.5 Å². The van der Waals surface area contributed by atoms with Gasteiger partial charge in [-0.3, -0.25) is 20.2 Å². The van der Waals surface area contributed by atoms with E-state index in [0.29, 0.717) is 16.1 Å². The summed E-state index contributed by atoms with van der Waals surface area (Å²) in [5.41, 5.74) is 0.209. The highest BCUT2D eigenvalue weighted by molar-refractivity contribution is 14.1. The van der Waals surface area contributed by atoms with Crippen LogP contribution < -0.4 is 4.74 Å². The topological polar surface area (TPSA) is 134 Å². The lowest BCUT2D eigenvalue weighted by Gasteiger charge is -2.06. The van der Waals surface area contributed by atoms with Crippen LogP contribution in [0.4, 0.5) is 11.4 Å². The van der Waals surface area contributed by atoms with E-state index in [0.717, 1.165) is 21.8 Å². The lowest BCUT2D eigenvalue weighted by Crippen LogP contribution is -2.06. The molecule has 1 aliphatic rings. The van der Waals surface area contributed by atoms with Crippen LogP contribution in [0, 0.1) is 23.8 Å². The van der Waals surface area contributed by atoms with E-state index in [1.807, 2.05) is 6.07 Å². The molecule has 0 fully saturated rings. The van der Waals surface area contributed by atoms with Crippen molar-refractivity contribution in [3.8, 4) is 11.5 Å². The van der Waals surface area contributed by atoms with Gasteiger partial charge >= 0.3 is 11.7 Å². The summed E-state index contributed by atoms with van der Waals surface area (Å²) < 4.78 is 11.7. The molecule has 0 amide bonds. The third-order valence-electron chi connectivity index (χ3n) is 4.54. The lowest BCUT2D eigenvalue weighted by atomic mass is 10.2. The molecule has 4 rings (SSSR count). The van der Waals surface area contributed by atoms with E-state index in [1.165, 1.54) is 18.2 Å². The number of nitrogens with zero attached hydrogens (tertiary/aromatic N) is 3. The van der Waals surface area contributed by atoms with Crippen molar-refractivity contribution in [3.63, 3.8) is 0 Å². The zero-order valence-electron chi connectivity index (χ0n) is 16.8. The second-order valence-electron chi connectivity index (χ2n) is 6.80. The second-order valence-corrected chi connectivity index (χ2v) is 8.45. The van der Waals surface area contributed by atoms with Gasteiger partial charge in [0.1, 0.15) is 5.75 Å². The first-order valence-electron chi connectivity index (χ1n) is 9.40. The summed E-state index contributed by atoms with van der Waals surface area (Å²) in [6.45, 7) is 0. The quantitative estimate of drug-likeness (QED) is 0.115. The Bertz CT molecular complexity index is 1400. The molecular formula is C22H11ClIN3O7. The third-order valence-corrected chi connectivity index (χ3v) is 5.54. The molecule has 0 radical (unpaired) electrons. The minimum atomic E-state index is -0.761. The SMILES string of the molecule is O=C1OC(c2cc(I)ccc2Cl)=N/C1=C\c1ccc(Oc2ccc([N+](=O)[O-])cc2[N+](=O)[O-])cc1. The summed E-state index contributed by atoms with van der Waals surface area (Å²) in [6, 6.07) is 14.6. The van der Waals surface area contributed by atoms with Gasteiger partial charge < -0.3 is 9.47 Å². The van der Waals surface area contributed by atoms with Crippen molar-refractivity contribution < 1.29 is 24.1 Å². The van der Waals surface area contributed by atoms with Crippen LogP contribution in [0.1, 0.15) is 11.1 Å². The summed E-state index contributed by atoms with van der Waals surface area (Å²) in [6.07, 6.45) is 1.51. The van der Waals surface area contributed by atoms with Crippen molar-refractivity contribution in [1.82, 2.24) is 0 Å². The summed E-state index contributed by atoms with van der Waals surface area (Å²) in [7, 11) is 0. The van der Waals surface area contributed by atoms with Crippen LogP contribution in [0.2, 0.25) is 5.02 Å². The van der Waals surface area contributed by atoms with Crippen molar-refractivity contribution in [2.24, 2.45) is 4.99 Å². The minimum absolute atomic E-state index is 0.0737. The van der Waals surface area contributed by atoms with Crippen molar-refractivity contribution in [2.75, 3.05) is 0 Å². The Balaban J connectivity index is 1.56. The van der Waals surface area contributed by atoms with Crippen LogP contribution in [0.25, 0.3) is 6.08 Å². The molecule has 0 aromatic heterocycles. The molecule has 0 aliphatic carbocycles. The molecule has 3 aromatic rings. The number of carbonyl (C=O) groups is 1. The predicted molar refractivity (Wildman–Crippen MR) is 131 cm³/mol. The van der Waals surface area contributed by atoms with Crippen molar-refractivity contribution in [2.45, 2.75) is 0 Å². The van der Waals surface area contributed by atoms with Crippen LogP contribution in [-0.4, -0.2) is 21.7 Å². The molecule has 0 bridgehead atoms. The molecule has 0 saturated carbocycles. The number of carbonyl (C=O) groups excluding carboxylic acids is 1. The number of hydrogen-bond acceptors (Lipinski definition) is 8. The molecule has 170 valence electrons. The maximum Gasteiger partial charge on any atom is 0.363 e. The van der Waals surface area contributed by atoms with Crippen LogP contribution in [-0.2, 0) is 9.53 Å². The van der Waals surface area contributed by atoms with Crippen LogP contribution >= 0.6 is 34.2 Å². The average molecular weight is 592 g/mol. The Morgan fingerprint density at radius 3 is 2.41 bits per heavy atom. The molecule has 1 heterocycles. The van der Waals surface area contributed by atoms with E-state index >= 15 is 0 Å². The monoisotopic (exact) mass is 591 g/mol. The Kier molecular flexibility index (Phi) is 6.56.